The van der Waals surface area contributed by atoms with Crippen LogP contribution in [0.5, 0.6) is 5.75 Å². The molecule has 0 radical (unpaired) electrons. The topological polar surface area (TPSA) is 55.6 Å². The molecular weight excluding hydrogens is 300 g/mol. The van der Waals surface area contributed by atoms with Crippen LogP contribution in [0.15, 0.2) is 48.2 Å². The van der Waals surface area contributed by atoms with Crippen LogP contribution in [0.2, 0.25) is 0 Å². The van der Waals surface area contributed by atoms with Crippen molar-refractivity contribution in [2.24, 2.45) is 0 Å². The molecule has 0 aromatic heterocycles. The van der Waals surface area contributed by atoms with E-state index in [9.17, 15) is 4.79 Å². The van der Waals surface area contributed by atoms with Crippen molar-refractivity contribution in [2.45, 2.75) is 33.2 Å². The van der Waals surface area contributed by atoms with Gasteiger partial charge >= 0.3 is 0 Å². The fraction of sp³-hybridized carbons (Fsp3) is 0.250. The molecule has 1 amide bonds. The van der Waals surface area contributed by atoms with Gasteiger partial charge in [0, 0.05) is 11.7 Å². The number of benzene rings is 2. The van der Waals surface area contributed by atoms with E-state index in [1.54, 1.807) is 29.2 Å². The van der Waals surface area contributed by atoms with Crippen molar-refractivity contribution in [1.29, 1.82) is 0 Å². The monoisotopic (exact) mass is 322 g/mol. The van der Waals surface area contributed by atoms with Crippen LogP contribution in [0.25, 0.3) is 6.08 Å². The van der Waals surface area contributed by atoms with E-state index in [-0.39, 0.29) is 11.9 Å². The Balaban J connectivity index is 2.02. The quantitative estimate of drug-likeness (QED) is 0.686. The Bertz CT molecular complexity index is 792. The third-order valence-electron chi connectivity index (χ3n) is 4.09. The van der Waals surface area contributed by atoms with Gasteiger partial charge < -0.3 is 10.5 Å². The second kappa shape index (κ2) is 6.40. The molecule has 4 heteroatoms. The van der Waals surface area contributed by atoms with Crippen LogP contribution in [-0.2, 0) is 11.2 Å². The van der Waals surface area contributed by atoms with Crippen LogP contribution in [0.4, 0.5) is 11.4 Å². The van der Waals surface area contributed by atoms with Gasteiger partial charge in [0.05, 0.1) is 5.69 Å². The van der Waals surface area contributed by atoms with E-state index < -0.39 is 0 Å². The van der Waals surface area contributed by atoms with Crippen molar-refractivity contribution >= 4 is 23.4 Å². The normalized spacial score (nSPS) is 15.6. The molecule has 1 aliphatic rings. The molecule has 0 aliphatic carbocycles. The first-order valence-corrected chi connectivity index (χ1v) is 8.21. The van der Waals surface area contributed by atoms with E-state index in [1.165, 1.54) is 5.56 Å². The van der Waals surface area contributed by atoms with E-state index in [4.69, 9.17) is 10.5 Å². The number of nitrogen functional groups attached to an aromatic ring is 1. The second-order valence-corrected chi connectivity index (χ2v) is 6.20. The summed E-state index contributed by atoms with van der Waals surface area (Å²) in [5.41, 5.74) is 9.40. The fourth-order valence-electron chi connectivity index (χ4n) is 2.80. The Morgan fingerprint density at radius 2 is 1.88 bits per heavy atom. The molecule has 4 nitrogen and oxygen atoms in total. The van der Waals surface area contributed by atoms with Gasteiger partial charge in [-0.25, -0.2) is 0 Å². The zero-order chi connectivity index (χ0) is 17.3. The molecule has 0 atom stereocenters. The van der Waals surface area contributed by atoms with Crippen molar-refractivity contribution in [2.75, 3.05) is 10.6 Å². The van der Waals surface area contributed by atoms with Crippen molar-refractivity contribution in [3.05, 3.63) is 59.4 Å². The van der Waals surface area contributed by atoms with Gasteiger partial charge in [-0.15, -0.1) is 0 Å². The number of carbonyl (C=O) groups is 1. The number of hydrogen-bond donors (Lipinski definition) is 1. The van der Waals surface area contributed by atoms with Crippen molar-refractivity contribution in [3.8, 4) is 5.75 Å². The molecule has 3 rings (SSSR count). The first-order valence-electron chi connectivity index (χ1n) is 8.21. The number of aryl methyl sites for hydroxylation is 1. The summed E-state index contributed by atoms with van der Waals surface area (Å²) in [6.07, 6.45) is 2.78. The lowest BCUT2D eigenvalue weighted by Gasteiger charge is -2.33. The molecule has 2 aromatic rings. The number of anilines is 2. The zero-order valence-corrected chi connectivity index (χ0v) is 14.2. The number of fused-ring (bicyclic) bond motifs is 1. The zero-order valence-electron chi connectivity index (χ0n) is 14.2. The highest BCUT2D eigenvalue weighted by Crippen LogP contribution is 2.38. The Kier molecular flexibility index (Phi) is 4.30. The lowest BCUT2D eigenvalue weighted by molar-refractivity contribution is -0.117. The van der Waals surface area contributed by atoms with E-state index in [0.717, 1.165) is 12.0 Å². The molecule has 0 bridgehead atoms. The summed E-state index contributed by atoms with van der Waals surface area (Å²) in [6, 6.07) is 13.5. The van der Waals surface area contributed by atoms with Gasteiger partial charge in [-0.1, -0.05) is 31.2 Å². The predicted molar refractivity (Wildman–Crippen MR) is 97.9 cm³/mol. The number of hydrogen-bond acceptors (Lipinski definition) is 3. The molecule has 1 aliphatic heterocycles. The summed E-state index contributed by atoms with van der Waals surface area (Å²) >= 11 is 0. The Hall–Kier alpha value is -2.75. The fourth-order valence-corrected chi connectivity index (χ4v) is 2.80. The smallest absolute Gasteiger partial charge is 0.294 e. The van der Waals surface area contributed by atoms with E-state index >= 15 is 0 Å². The molecule has 124 valence electrons. The van der Waals surface area contributed by atoms with Gasteiger partial charge in [0.15, 0.2) is 11.5 Å². The lowest BCUT2D eigenvalue weighted by Crippen LogP contribution is -2.42. The maximum Gasteiger partial charge on any atom is 0.294 e. The maximum absolute atomic E-state index is 12.9. The Morgan fingerprint density at radius 1 is 1.17 bits per heavy atom. The molecule has 0 unspecified atom stereocenters. The molecular formula is C20H22N2O2. The van der Waals surface area contributed by atoms with Crippen LogP contribution in [-0.4, -0.2) is 11.9 Å². The van der Waals surface area contributed by atoms with Crippen LogP contribution < -0.4 is 15.4 Å². The Morgan fingerprint density at radius 3 is 2.50 bits per heavy atom. The molecule has 0 saturated heterocycles. The minimum atomic E-state index is -0.150. The number of rotatable bonds is 3. The summed E-state index contributed by atoms with van der Waals surface area (Å²) < 4.78 is 5.85. The average molecular weight is 322 g/mol. The highest BCUT2D eigenvalue weighted by Gasteiger charge is 2.32. The van der Waals surface area contributed by atoms with E-state index in [0.29, 0.717) is 22.9 Å². The highest BCUT2D eigenvalue weighted by molar-refractivity contribution is 6.10. The number of amides is 1. The summed E-state index contributed by atoms with van der Waals surface area (Å²) in [6.45, 7) is 6.07. The van der Waals surface area contributed by atoms with Crippen molar-refractivity contribution in [3.63, 3.8) is 0 Å². The third-order valence-corrected chi connectivity index (χ3v) is 4.09. The first kappa shape index (κ1) is 16.1. The predicted octanol–water partition coefficient (Wildman–Crippen LogP) is 4.01. The molecule has 0 fully saturated rings. The molecule has 0 spiro atoms. The van der Waals surface area contributed by atoms with Crippen LogP contribution in [0.1, 0.15) is 31.9 Å². The minimum Gasteiger partial charge on any atom is -0.449 e. The molecule has 0 saturated carbocycles. The number of ether oxygens (including phenoxy) is 1. The van der Waals surface area contributed by atoms with Crippen molar-refractivity contribution in [1.82, 2.24) is 0 Å². The molecule has 24 heavy (non-hydrogen) atoms. The van der Waals surface area contributed by atoms with Gasteiger partial charge in [-0.2, -0.15) is 0 Å². The summed E-state index contributed by atoms with van der Waals surface area (Å²) in [5.74, 6) is 0.821. The standard InChI is InChI=1S/C20H22N2O2/c1-4-14-5-7-15(8-6-14)11-19-20(23)22(13(2)3)17-12-16(21)9-10-18(17)24-19/h5-13H,4,21H2,1-3H3/b19-11+. The van der Waals surface area contributed by atoms with E-state index in [2.05, 4.69) is 19.1 Å². The second-order valence-electron chi connectivity index (χ2n) is 6.20. The third kappa shape index (κ3) is 3.00. The average Bonchev–Trinajstić information content (AvgIpc) is 2.56. The van der Waals surface area contributed by atoms with Gasteiger partial charge in [0.2, 0.25) is 0 Å². The molecule has 2 aromatic carbocycles. The summed E-state index contributed by atoms with van der Waals surface area (Å²) in [4.78, 5) is 14.6. The van der Waals surface area contributed by atoms with Gasteiger partial charge in [-0.3, -0.25) is 9.69 Å². The SMILES string of the molecule is CCc1ccc(/C=C2/Oc3ccc(N)cc3N(C(C)C)C2=O)cc1. The summed E-state index contributed by atoms with van der Waals surface area (Å²) in [7, 11) is 0. The van der Waals surface area contributed by atoms with Gasteiger partial charge in [0.25, 0.3) is 5.91 Å². The van der Waals surface area contributed by atoms with Crippen molar-refractivity contribution < 1.29 is 9.53 Å². The van der Waals surface area contributed by atoms with Gasteiger partial charge in [-0.05, 0) is 55.7 Å². The van der Waals surface area contributed by atoms with Crippen LogP contribution in [0.3, 0.4) is 0 Å². The first-order chi connectivity index (χ1) is 11.5. The number of carbonyl (C=O) groups excluding carboxylic acids is 1. The molecule has 2 N–H and O–H groups in total. The van der Waals surface area contributed by atoms with Crippen LogP contribution in [0, 0.1) is 0 Å². The number of nitrogens with zero attached hydrogens (tertiary/aromatic N) is 1. The summed E-state index contributed by atoms with van der Waals surface area (Å²) in [5, 5.41) is 0. The number of nitrogens with two attached hydrogens (primary N) is 1. The van der Waals surface area contributed by atoms with Gasteiger partial charge in [0.1, 0.15) is 0 Å². The van der Waals surface area contributed by atoms with Crippen LogP contribution >= 0.6 is 0 Å². The lowest BCUT2D eigenvalue weighted by atomic mass is 10.1. The Labute approximate surface area is 142 Å². The minimum absolute atomic E-state index is 0.00724. The largest absolute Gasteiger partial charge is 0.449 e. The van der Waals surface area contributed by atoms with E-state index in [1.807, 2.05) is 26.0 Å². The molecule has 1 heterocycles. The highest BCUT2D eigenvalue weighted by atomic mass is 16.5. The maximum atomic E-state index is 12.9.